The largest absolute Gasteiger partial charge is 0.369 e. The van der Waals surface area contributed by atoms with Crippen LogP contribution in [0.15, 0.2) is 30.3 Å². The van der Waals surface area contributed by atoms with E-state index in [1.807, 2.05) is 25.1 Å². The third-order valence-electron chi connectivity index (χ3n) is 3.83. The summed E-state index contributed by atoms with van der Waals surface area (Å²) in [4.78, 5) is 27.5. The van der Waals surface area contributed by atoms with Crippen molar-refractivity contribution in [1.29, 1.82) is 0 Å². The molecule has 1 aromatic carbocycles. The zero-order valence-electron chi connectivity index (χ0n) is 12.5. The van der Waals surface area contributed by atoms with E-state index < -0.39 is 6.03 Å². The second kappa shape index (κ2) is 7.08. The van der Waals surface area contributed by atoms with Crippen LogP contribution < -0.4 is 15.5 Å². The standard InChI is InChI=1S/C15H22N4O2/c1-12(14(20)17-15(21)16-2)18-8-10-19(11-9-18)13-6-4-3-5-7-13/h3-7,12H,8-11H2,1-2H3,(H2,16,17,20,21). The molecule has 1 aliphatic rings. The van der Waals surface area contributed by atoms with Gasteiger partial charge >= 0.3 is 6.03 Å². The van der Waals surface area contributed by atoms with Gasteiger partial charge < -0.3 is 10.2 Å². The lowest BCUT2D eigenvalue weighted by atomic mass is 10.2. The van der Waals surface area contributed by atoms with Gasteiger partial charge in [0.1, 0.15) is 0 Å². The zero-order valence-corrected chi connectivity index (χ0v) is 12.5. The molecule has 6 heteroatoms. The second-order valence-electron chi connectivity index (χ2n) is 5.10. The van der Waals surface area contributed by atoms with E-state index in [0.29, 0.717) is 0 Å². The molecule has 3 amide bonds. The number of benzene rings is 1. The van der Waals surface area contributed by atoms with Crippen LogP contribution >= 0.6 is 0 Å². The zero-order chi connectivity index (χ0) is 15.2. The fourth-order valence-electron chi connectivity index (χ4n) is 2.45. The van der Waals surface area contributed by atoms with Crippen LogP contribution in [0.2, 0.25) is 0 Å². The van der Waals surface area contributed by atoms with E-state index in [-0.39, 0.29) is 11.9 Å². The molecule has 1 saturated heterocycles. The Hall–Kier alpha value is -2.08. The molecule has 1 heterocycles. The molecule has 114 valence electrons. The summed E-state index contributed by atoms with van der Waals surface area (Å²) < 4.78 is 0. The van der Waals surface area contributed by atoms with Crippen LogP contribution in [0.4, 0.5) is 10.5 Å². The summed E-state index contributed by atoms with van der Waals surface area (Å²) in [6, 6.07) is 9.48. The summed E-state index contributed by atoms with van der Waals surface area (Å²) >= 11 is 0. The predicted molar refractivity (Wildman–Crippen MR) is 82.3 cm³/mol. The van der Waals surface area contributed by atoms with Crippen molar-refractivity contribution in [1.82, 2.24) is 15.5 Å². The minimum absolute atomic E-state index is 0.262. The minimum atomic E-state index is -0.463. The number of nitrogens with one attached hydrogen (secondary N) is 2. The molecule has 0 saturated carbocycles. The number of carbonyl (C=O) groups excluding carboxylic acids is 2. The molecule has 1 aromatic rings. The number of para-hydroxylation sites is 1. The first kappa shape index (κ1) is 15.3. The van der Waals surface area contributed by atoms with Crippen LogP contribution in [0.25, 0.3) is 0 Å². The van der Waals surface area contributed by atoms with Gasteiger partial charge in [0.15, 0.2) is 0 Å². The fraction of sp³-hybridized carbons (Fsp3) is 0.467. The van der Waals surface area contributed by atoms with Crippen LogP contribution in [0.1, 0.15) is 6.92 Å². The quantitative estimate of drug-likeness (QED) is 0.858. The first-order chi connectivity index (χ1) is 10.1. The molecule has 6 nitrogen and oxygen atoms in total. The van der Waals surface area contributed by atoms with E-state index in [0.717, 1.165) is 26.2 Å². The molecule has 21 heavy (non-hydrogen) atoms. The number of rotatable bonds is 3. The number of nitrogens with zero attached hydrogens (tertiary/aromatic N) is 2. The van der Waals surface area contributed by atoms with Crippen LogP contribution in [0.5, 0.6) is 0 Å². The van der Waals surface area contributed by atoms with Crippen molar-refractivity contribution < 1.29 is 9.59 Å². The van der Waals surface area contributed by atoms with E-state index in [4.69, 9.17) is 0 Å². The Bertz CT molecular complexity index is 484. The van der Waals surface area contributed by atoms with E-state index in [1.54, 1.807) is 0 Å². The molecular formula is C15H22N4O2. The second-order valence-corrected chi connectivity index (χ2v) is 5.10. The summed E-state index contributed by atoms with van der Waals surface area (Å²) in [5, 5.41) is 4.71. The van der Waals surface area contributed by atoms with Crippen molar-refractivity contribution in [2.75, 3.05) is 38.1 Å². The maximum atomic E-state index is 11.9. The normalized spacial score (nSPS) is 17.1. The molecule has 2 N–H and O–H groups in total. The van der Waals surface area contributed by atoms with Crippen molar-refractivity contribution in [2.45, 2.75) is 13.0 Å². The van der Waals surface area contributed by atoms with Crippen molar-refractivity contribution in [3.8, 4) is 0 Å². The Kier molecular flexibility index (Phi) is 5.16. The van der Waals surface area contributed by atoms with Crippen LogP contribution in [-0.4, -0.2) is 56.1 Å². The molecule has 1 fully saturated rings. The molecule has 2 rings (SSSR count). The fourth-order valence-corrected chi connectivity index (χ4v) is 2.45. The molecule has 0 aliphatic carbocycles. The number of hydrogen-bond donors (Lipinski definition) is 2. The first-order valence-corrected chi connectivity index (χ1v) is 7.18. The topological polar surface area (TPSA) is 64.7 Å². The lowest BCUT2D eigenvalue weighted by Crippen LogP contribution is -2.55. The smallest absolute Gasteiger partial charge is 0.321 e. The van der Waals surface area contributed by atoms with Crippen molar-refractivity contribution in [3.05, 3.63) is 30.3 Å². The highest BCUT2D eigenvalue weighted by atomic mass is 16.2. The Labute approximate surface area is 125 Å². The van der Waals surface area contributed by atoms with Gasteiger partial charge in [0.2, 0.25) is 5.91 Å². The molecule has 0 spiro atoms. The molecule has 1 aliphatic heterocycles. The van der Waals surface area contributed by atoms with Crippen molar-refractivity contribution in [2.24, 2.45) is 0 Å². The van der Waals surface area contributed by atoms with Crippen LogP contribution in [-0.2, 0) is 4.79 Å². The number of anilines is 1. The highest BCUT2D eigenvalue weighted by Crippen LogP contribution is 2.16. The molecule has 1 unspecified atom stereocenters. The third kappa shape index (κ3) is 3.95. The van der Waals surface area contributed by atoms with Crippen molar-refractivity contribution in [3.63, 3.8) is 0 Å². The van der Waals surface area contributed by atoms with E-state index in [2.05, 4.69) is 32.6 Å². The highest BCUT2D eigenvalue weighted by molar-refractivity contribution is 5.96. The van der Waals surface area contributed by atoms with Crippen LogP contribution in [0, 0.1) is 0 Å². The minimum Gasteiger partial charge on any atom is -0.369 e. The number of piperazine rings is 1. The molecule has 1 atom stereocenters. The molecule has 0 aromatic heterocycles. The Morgan fingerprint density at radius 3 is 2.29 bits per heavy atom. The summed E-state index contributed by atoms with van der Waals surface area (Å²) in [6.45, 7) is 5.19. The lowest BCUT2D eigenvalue weighted by Gasteiger charge is -2.38. The lowest BCUT2D eigenvalue weighted by molar-refractivity contribution is -0.124. The number of carbonyl (C=O) groups is 2. The van der Waals surface area contributed by atoms with Gasteiger partial charge in [-0.2, -0.15) is 0 Å². The molecular weight excluding hydrogens is 268 g/mol. The van der Waals surface area contributed by atoms with Gasteiger partial charge in [-0.15, -0.1) is 0 Å². The Morgan fingerprint density at radius 1 is 1.10 bits per heavy atom. The maximum absolute atomic E-state index is 11.9. The number of amides is 3. The van der Waals surface area contributed by atoms with E-state index in [1.165, 1.54) is 12.7 Å². The van der Waals surface area contributed by atoms with Gasteiger partial charge in [-0.05, 0) is 19.1 Å². The third-order valence-corrected chi connectivity index (χ3v) is 3.83. The number of hydrogen-bond acceptors (Lipinski definition) is 4. The Balaban J connectivity index is 1.86. The molecule has 0 bridgehead atoms. The summed E-state index contributed by atoms with van der Waals surface area (Å²) in [5.41, 5.74) is 1.21. The predicted octanol–water partition coefficient (Wildman–Crippen LogP) is 0.653. The highest BCUT2D eigenvalue weighted by Gasteiger charge is 2.26. The maximum Gasteiger partial charge on any atom is 0.321 e. The number of urea groups is 1. The summed E-state index contributed by atoms with van der Waals surface area (Å²) in [5.74, 6) is -0.262. The van der Waals surface area contributed by atoms with Gasteiger partial charge in [-0.25, -0.2) is 4.79 Å². The van der Waals surface area contributed by atoms with Crippen LogP contribution in [0.3, 0.4) is 0 Å². The monoisotopic (exact) mass is 290 g/mol. The van der Waals surface area contributed by atoms with Gasteiger partial charge in [-0.1, -0.05) is 18.2 Å². The molecule has 0 radical (unpaired) electrons. The SMILES string of the molecule is CNC(=O)NC(=O)C(C)N1CCN(c2ccccc2)CC1. The Morgan fingerprint density at radius 2 is 1.71 bits per heavy atom. The van der Waals surface area contributed by atoms with Gasteiger partial charge in [0, 0.05) is 38.9 Å². The van der Waals surface area contributed by atoms with E-state index in [9.17, 15) is 9.59 Å². The number of imide groups is 1. The average molecular weight is 290 g/mol. The van der Waals surface area contributed by atoms with Gasteiger partial charge in [0.25, 0.3) is 0 Å². The van der Waals surface area contributed by atoms with Gasteiger partial charge in [-0.3, -0.25) is 15.0 Å². The summed E-state index contributed by atoms with van der Waals surface area (Å²) in [6.07, 6.45) is 0. The average Bonchev–Trinajstić information content (AvgIpc) is 2.55. The first-order valence-electron chi connectivity index (χ1n) is 7.18. The summed E-state index contributed by atoms with van der Waals surface area (Å²) in [7, 11) is 1.49. The van der Waals surface area contributed by atoms with Gasteiger partial charge in [0.05, 0.1) is 6.04 Å². The van der Waals surface area contributed by atoms with E-state index >= 15 is 0 Å². The van der Waals surface area contributed by atoms with Crippen molar-refractivity contribution >= 4 is 17.6 Å².